The molecule has 1 unspecified atom stereocenters. The van der Waals surface area contributed by atoms with E-state index < -0.39 is 5.41 Å². The van der Waals surface area contributed by atoms with Gasteiger partial charge in [-0.2, -0.15) is 5.26 Å². The summed E-state index contributed by atoms with van der Waals surface area (Å²) in [6.07, 6.45) is 8.68. The van der Waals surface area contributed by atoms with Gasteiger partial charge in [-0.1, -0.05) is 25.3 Å². The molecule has 5 nitrogen and oxygen atoms in total. The summed E-state index contributed by atoms with van der Waals surface area (Å²) < 4.78 is 0. The van der Waals surface area contributed by atoms with Crippen molar-refractivity contribution in [1.29, 1.82) is 5.26 Å². The van der Waals surface area contributed by atoms with Gasteiger partial charge < -0.3 is 9.80 Å². The summed E-state index contributed by atoms with van der Waals surface area (Å²) in [5.41, 5.74) is 0.642. The molecule has 0 bridgehead atoms. The molecule has 1 aliphatic carbocycles. The Kier molecular flexibility index (Phi) is 4.90. The van der Waals surface area contributed by atoms with Crippen molar-refractivity contribution >= 4 is 11.8 Å². The second-order valence-electron chi connectivity index (χ2n) is 8.34. The van der Waals surface area contributed by atoms with Crippen molar-refractivity contribution in [2.24, 2.45) is 5.41 Å². The average Bonchev–Trinajstić information content (AvgIpc) is 3.15. The Labute approximate surface area is 160 Å². The number of benzene rings is 1. The Bertz CT molecular complexity index is 778. The Morgan fingerprint density at radius 2 is 1.93 bits per heavy atom. The van der Waals surface area contributed by atoms with E-state index in [1.165, 1.54) is 19.3 Å². The van der Waals surface area contributed by atoms with Gasteiger partial charge in [-0.25, -0.2) is 0 Å². The molecule has 1 aromatic carbocycles. The fourth-order valence-corrected chi connectivity index (χ4v) is 5.17. The summed E-state index contributed by atoms with van der Waals surface area (Å²) in [7, 11) is 0. The standard InChI is InChI=1S/C22H27N3O2/c23-15-17-6-4-7-18(14-17)20(26)24-13-11-22(16-24)10-5-12-25(21(22)27)19-8-2-1-3-9-19/h4,6-7,14,19H,1-3,5,8-13,16H2. The maximum atomic E-state index is 13.4. The van der Waals surface area contributed by atoms with Crippen molar-refractivity contribution in [2.75, 3.05) is 19.6 Å². The van der Waals surface area contributed by atoms with Gasteiger partial charge in [0.15, 0.2) is 0 Å². The first kappa shape index (κ1) is 18.0. The lowest BCUT2D eigenvalue weighted by atomic mass is 9.77. The molecule has 27 heavy (non-hydrogen) atoms. The number of nitrogens with zero attached hydrogens (tertiary/aromatic N) is 3. The molecule has 2 amide bonds. The Balaban J connectivity index is 1.49. The predicted molar refractivity (Wildman–Crippen MR) is 102 cm³/mol. The Morgan fingerprint density at radius 3 is 2.70 bits per heavy atom. The van der Waals surface area contributed by atoms with Crippen molar-refractivity contribution in [2.45, 2.75) is 57.4 Å². The first-order valence-electron chi connectivity index (χ1n) is 10.2. The molecule has 1 atom stereocenters. The maximum absolute atomic E-state index is 13.4. The first-order valence-corrected chi connectivity index (χ1v) is 10.2. The predicted octanol–water partition coefficient (Wildman–Crippen LogP) is 3.35. The van der Waals surface area contributed by atoms with Crippen molar-refractivity contribution in [3.05, 3.63) is 35.4 Å². The summed E-state index contributed by atoms with van der Waals surface area (Å²) in [4.78, 5) is 30.3. The molecule has 4 rings (SSSR count). The minimum Gasteiger partial charge on any atom is -0.339 e. The van der Waals surface area contributed by atoms with Gasteiger partial charge in [0.2, 0.25) is 5.91 Å². The number of carbonyl (C=O) groups excluding carboxylic acids is 2. The van der Waals surface area contributed by atoms with Crippen LogP contribution < -0.4 is 0 Å². The van der Waals surface area contributed by atoms with E-state index in [4.69, 9.17) is 5.26 Å². The van der Waals surface area contributed by atoms with E-state index in [1.807, 2.05) is 4.90 Å². The van der Waals surface area contributed by atoms with Crippen LogP contribution in [0.25, 0.3) is 0 Å². The van der Waals surface area contributed by atoms with Gasteiger partial charge in [-0.3, -0.25) is 9.59 Å². The Morgan fingerprint density at radius 1 is 1.11 bits per heavy atom. The molecular formula is C22H27N3O2. The van der Waals surface area contributed by atoms with E-state index in [0.29, 0.717) is 30.3 Å². The molecule has 3 fully saturated rings. The molecule has 1 aromatic rings. The zero-order chi connectivity index (χ0) is 18.9. The number of carbonyl (C=O) groups is 2. The molecule has 0 aromatic heterocycles. The molecule has 1 saturated carbocycles. The van der Waals surface area contributed by atoms with E-state index in [-0.39, 0.29) is 11.8 Å². The van der Waals surface area contributed by atoms with E-state index >= 15 is 0 Å². The highest BCUT2D eigenvalue weighted by molar-refractivity contribution is 5.96. The van der Waals surface area contributed by atoms with Crippen LogP contribution in [0, 0.1) is 16.7 Å². The third kappa shape index (κ3) is 3.34. The topological polar surface area (TPSA) is 64.4 Å². The molecule has 142 valence electrons. The van der Waals surface area contributed by atoms with Crippen LogP contribution in [0.3, 0.4) is 0 Å². The quantitative estimate of drug-likeness (QED) is 0.807. The van der Waals surface area contributed by atoms with Crippen LogP contribution in [0.4, 0.5) is 0 Å². The lowest BCUT2D eigenvalue weighted by Crippen LogP contribution is -2.54. The van der Waals surface area contributed by atoms with E-state index in [9.17, 15) is 9.59 Å². The molecule has 5 heteroatoms. The number of hydrogen-bond acceptors (Lipinski definition) is 3. The lowest BCUT2D eigenvalue weighted by molar-refractivity contribution is -0.149. The van der Waals surface area contributed by atoms with Gasteiger partial charge in [0.1, 0.15) is 0 Å². The largest absolute Gasteiger partial charge is 0.339 e. The zero-order valence-corrected chi connectivity index (χ0v) is 15.8. The van der Waals surface area contributed by atoms with Crippen LogP contribution in [0.1, 0.15) is 67.3 Å². The van der Waals surface area contributed by atoms with Crippen LogP contribution in [0.5, 0.6) is 0 Å². The number of hydrogen-bond donors (Lipinski definition) is 0. The molecule has 1 spiro atoms. The van der Waals surface area contributed by atoms with Crippen LogP contribution in [0.2, 0.25) is 0 Å². The molecule has 2 aliphatic heterocycles. The van der Waals surface area contributed by atoms with Gasteiger partial charge in [-0.05, 0) is 50.3 Å². The van der Waals surface area contributed by atoms with E-state index in [2.05, 4.69) is 11.0 Å². The van der Waals surface area contributed by atoms with E-state index in [0.717, 1.165) is 38.6 Å². The number of amides is 2. The summed E-state index contributed by atoms with van der Waals surface area (Å²) in [6.45, 7) is 2.02. The van der Waals surface area contributed by atoms with Gasteiger partial charge >= 0.3 is 0 Å². The van der Waals surface area contributed by atoms with Crippen LogP contribution in [-0.2, 0) is 4.79 Å². The average molecular weight is 365 g/mol. The summed E-state index contributed by atoms with van der Waals surface area (Å²) >= 11 is 0. The van der Waals surface area contributed by atoms with Gasteiger partial charge in [0.25, 0.3) is 5.91 Å². The SMILES string of the molecule is N#Cc1cccc(C(=O)N2CCC3(CCCN(C4CCCCC4)C3=O)C2)c1. The van der Waals surface area contributed by atoms with Crippen molar-refractivity contribution in [1.82, 2.24) is 9.80 Å². The smallest absolute Gasteiger partial charge is 0.253 e. The number of rotatable bonds is 2. The molecular weight excluding hydrogens is 338 g/mol. The first-order chi connectivity index (χ1) is 13.1. The highest BCUT2D eigenvalue weighted by atomic mass is 16.2. The number of piperidine rings is 1. The normalized spacial score (nSPS) is 26.4. The molecule has 0 radical (unpaired) electrons. The lowest BCUT2D eigenvalue weighted by Gasteiger charge is -2.44. The minimum atomic E-state index is -0.391. The Hall–Kier alpha value is -2.35. The third-order valence-corrected chi connectivity index (χ3v) is 6.66. The van der Waals surface area contributed by atoms with Gasteiger partial charge in [-0.15, -0.1) is 0 Å². The fourth-order valence-electron chi connectivity index (χ4n) is 5.17. The highest BCUT2D eigenvalue weighted by Crippen LogP contribution is 2.42. The van der Waals surface area contributed by atoms with Gasteiger partial charge in [0, 0.05) is 31.2 Å². The van der Waals surface area contributed by atoms with Crippen LogP contribution >= 0.6 is 0 Å². The number of nitriles is 1. The maximum Gasteiger partial charge on any atom is 0.253 e. The monoisotopic (exact) mass is 365 g/mol. The summed E-state index contributed by atoms with van der Waals surface area (Å²) in [6, 6.07) is 9.34. The van der Waals surface area contributed by atoms with Crippen LogP contribution in [-0.4, -0.2) is 47.3 Å². The van der Waals surface area contributed by atoms with Crippen LogP contribution in [0.15, 0.2) is 24.3 Å². The second kappa shape index (κ2) is 7.34. The fraction of sp³-hybridized carbons (Fsp3) is 0.591. The van der Waals surface area contributed by atoms with Crippen molar-refractivity contribution in [3.8, 4) is 6.07 Å². The second-order valence-corrected chi connectivity index (χ2v) is 8.34. The van der Waals surface area contributed by atoms with E-state index in [1.54, 1.807) is 24.3 Å². The molecule has 0 N–H and O–H groups in total. The molecule has 2 heterocycles. The van der Waals surface area contributed by atoms with Crippen molar-refractivity contribution < 1.29 is 9.59 Å². The summed E-state index contributed by atoms with van der Waals surface area (Å²) in [5, 5.41) is 9.07. The summed E-state index contributed by atoms with van der Waals surface area (Å²) in [5.74, 6) is 0.216. The third-order valence-electron chi connectivity index (χ3n) is 6.66. The molecule has 3 aliphatic rings. The van der Waals surface area contributed by atoms with Gasteiger partial charge in [0.05, 0.1) is 17.0 Å². The minimum absolute atomic E-state index is 0.0634. The van der Waals surface area contributed by atoms with Crippen molar-refractivity contribution in [3.63, 3.8) is 0 Å². The number of likely N-dealkylation sites (tertiary alicyclic amines) is 2. The molecule has 2 saturated heterocycles. The highest BCUT2D eigenvalue weighted by Gasteiger charge is 2.50. The zero-order valence-electron chi connectivity index (χ0n) is 15.8.